The van der Waals surface area contributed by atoms with Gasteiger partial charge < -0.3 is 9.72 Å². The van der Waals surface area contributed by atoms with Gasteiger partial charge in [0.15, 0.2) is 0 Å². The molecule has 2 aromatic heterocycles. The topological polar surface area (TPSA) is 55.0 Å². The molecule has 0 bridgehead atoms. The molecule has 0 atom stereocenters. The lowest BCUT2D eigenvalue weighted by Gasteiger charge is -2.15. The van der Waals surface area contributed by atoms with E-state index in [1.807, 2.05) is 19.1 Å². The first-order valence-electron chi connectivity index (χ1n) is 7.05. The minimum atomic E-state index is -1.11. The van der Waals surface area contributed by atoms with Crippen molar-refractivity contribution in [2.45, 2.75) is 39.0 Å². The summed E-state index contributed by atoms with van der Waals surface area (Å²) in [6, 6.07) is 6.38. The van der Waals surface area contributed by atoms with Crippen LogP contribution < -0.4 is 10.2 Å². The van der Waals surface area contributed by atoms with E-state index in [4.69, 9.17) is 4.74 Å². The van der Waals surface area contributed by atoms with Crippen molar-refractivity contribution in [3.63, 3.8) is 0 Å². The number of aryl methyl sites for hydroxylation is 1. The van der Waals surface area contributed by atoms with Crippen molar-refractivity contribution in [2.75, 3.05) is 6.61 Å². The number of H-pyrrole nitrogens is 1. The maximum absolute atomic E-state index is 12.0. The van der Waals surface area contributed by atoms with Crippen molar-refractivity contribution in [2.24, 2.45) is 0 Å². The second kappa shape index (κ2) is 5.79. The molecule has 108 valence electrons. The van der Waals surface area contributed by atoms with E-state index in [1.165, 1.54) is 0 Å². The fourth-order valence-electron chi connectivity index (χ4n) is 1.90. The largest absolute Gasteiger partial charge is 0.478 e. The monoisotopic (exact) mass is 290 g/mol. The maximum atomic E-state index is 12.0. The molecule has 0 aromatic carbocycles. The highest BCUT2D eigenvalue weighted by molar-refractivity contribution is 6.76. The number of aromatic amines is 1. The molecular formula is C15H22N2O2Si. The van der Waals surface area contributed by atoms with E-state index in [0.29, 0.717) is 18.0 Å². The Labute approximate surface area is 120 Å². The van der Waals surface area contributed by atoms with Gasteiger partial charge in [-0.3, -0.25) is 4.79 Å². The van der Waals surface area contributed by atoms with Crippen LogP contribution in [0, 0.1) is 0 Å². The summed E-state index contributed by atoms with van der Waals surface area (Å²) in [6.07, 6.45) is 0.805. The summed E-state index contributed by atoms with van der Waals surface area (Å²) in [7, 11) is -1.11. The second-order valence-corrected chi connectivity index (χ2v) is 11.8. The second-order valence-electron chi connectivity index (χ2n) is 6.22. The number of nitrogens with one attached hydrogen (secondary N) is 1. The van der Waals surface area contributed by atoms with Crippen molar-refractivity contribution >= 4 is 19.1 Å². The van der Waals surface area contributed by atoms with E-state index in [0.717, 1.165) is 23.7 Å². The maximum Gasteiger partial charge on any atom is 0.214 e. The fraction of sp³-hybridized carbons (Fsp3) is 0.467. The van der Waals surface area contributed by atoms with Gasteiger partial charge in [-0.25, -0.2) is 4.98 Å². The van der Waals surface area contributed by atoms with Crippen molar-refractivity contribution in [3.05, 3.63) is 34.1 Å². The van der Waals surface area contributed by atoms with Crippen molar-refractivity contribution in [1.29, 1.82) is 0 Å². The van der Waals surface area contributed by atoms with Crippen LogP contribution in [0.1, 0.15) is 12.6 Å². The van der Waals surface area contributed by atoms with Crippen LogP contribution in [-0.2, 0) is 6.42 Å². The number of rotatable bonds is 5. The van der Waals surface area contributed by atoms with E-state index < -0.39 is 8.07 Å². The SMILES string of the molecule is CCc1cc(=O)c2nc(OCC[Si](C)(C)C)ccc2[nH]1. The number of hydrogen-bond donors (Lipinski definition) is 1. The molecule has 20 heavy (non-hydrogen) atoms. The third-order valence-corrected chi connectivity index (χ3v) is 4.89. The first-order chi connectivity index (χ1) is 9.39. The van der Waals surface area contributed by atoms with E-state index in [2.05, 4.69) is 29.6 Å². The molecule has 0 spiro atoms. The molecule has 0 saturated heterocycles. The molecule has 0 aliphatic carbocycles. The Bertz CT molecular complexity index is 659. The van der Waals surface area contributed by atoms with Crippen molar-refractivity contribution in [1.82, 2.24) is 9.97 Å². The van der Waals surface area contributed by atoms with Gasteiger partial charge in [-0.1, -0.05) is 26.6 Å². The van der Waals surface area contributed by atoms with Gasteiger partial charge in [0, 0.05) is 25.9 Å². The van der Waals surface area contributed by atoms with Crippen LogP contribution in [0.15, 0.2) is 23.0 Å². The minimum absolute atomic E-state index is 0.0498. The summed E-state index contributed by atoms with van der Waals surface area (Å²) in [4.78, 5) is 19.5. The van der Waals surface area contributed by atoms with Gasteiger partial charge in [0.1, 0.15) is 5.52 Å². The molecule has 5 heteroatoms. The number of ether oxygens (including phenoxy) is 1. The van der Waals surface area contributed by atoms with E-state index >= 15 is 0 Å². The predicted molar refractivity (Wildman–Crippen MR) is 85.4 cm³/mol. The number of hydrogen-bond acceptors (Lipinski definition) is 3. The van der Waals surface area contributed by atoms with Gasteiger partial charge in [0.25, 0.3) is 0 Å². The Kier molecular flexibility index (Phi) is 4.28. The Morgan fingerprint density at radius 3 is 2.70 bits per heavy atom. The third kappa shape index (κ3) is 3.69. The quantitative estimate of drug-likeness (QED) is 0.860. The zero-order valence-corrected chi connectivity index (χ0v) is 13.6. The number of fused-ring (bicyclic) bond motifs is 1. The molecule has 2 heterocycles. The molecule has 2 rings (SSSR count). The number of aromatic nitrogens is 2. The molecule has 0 saturated carbocycles. The highest BCUT2D eigenvalue weighted by Crippen LogP contribution is 2.15. The molecule has 0 aliphatic rings. The van der Waals surface area contributed by atoms with Gasteiger partial charge in [-0.2, -0.15) is 0 Å². The van der Waals surface area contributed by atoms with Crippen LogP contribution in [-0.4, -0.2) is 24.6 Å². The first kappa shape index (κ1) is 14.8. The summed E-state index contributed by atoms with van der Waals surface area (Å²) in [6.45, 7) is 9.60. The van der Waals surface area contributed by atoms with Crippen LogP contribution in [0.3, 0.4) is 0 Å². The zero-order chi connectivity index (χ0) is 14.8. The van der Waals surface area contributed by atoms with Gasteiger partial charge >= 0.3 is 0 Å². The van der Waals surface area contributed by atoms with Gasteiger partial charge in [0.05, 0.1) is 12.1 Å². The van der Waals surface area contributed by atoms with Crippen LogP contribution in [0.25, 0.3) is 11.0 Å². The molecule has 1 N–H and O–H groups in total. The summed E-state index contributed by atoms with van der Waals surface area (Å²) >= 11 is 0. The molecule has 0 aliphatic heterocycles. The van der Waals surface area contributed by atoms with Crippen LogP contribution in [0.2, 0.25) is 25.7 Å². The van der Waals surface area contributed by atoms with Gasteiger partial charge in [0.2, 0.25) is 11.3 Å². The average molecular weight is 290 g/mol. The van der Waals surface area contributed by atoms with E-state index in [-0.39, 0.29) is 5.43 Å². The summed E-state index contributed by atoms with van der Waals surface area (Å²) in [5.41, 5.74) is 2.10. The minimum Gasteiger partial charge on any atom is -0.478 e. The molecule has 0 amide bonds. The highest BCUT2D eigenvalue weighted by atomic mass is 28.3. The molecule has 0 unspecified atom stereocenters. The fourth-order valence-corrected chi connectivity index (χ4v) is 2.61. The first-order valence-corrected chi connectivity index (χ1v) is 10.8. The van der Waals surface area contributed by atoms with Crippen LogP contribution >= 0.6 is 0 Å². The lowest BCUT2D eigenvalue weighted by atomic mass is 10.2. The average Bonchev–Trinajstić information content (AvgIpc) is 2.37. The molecule has 2 aromatic rings. The lowest BCUT2D eigenvalue weighted by Crippen LogP contribution is -2.22. The van der Waals surface area contributed by atoms with Crippen molar-refractivity contribution in [3.8, 4) is 5.88 Å². The molecule has 4 nitrogen and oxygen atoms in total. The third-order valence-electron chi connectivity index (χ3n) is 3.19. The molecule has 0 fully saturated rings. The molecule has 0 radical (unpaired) electrons. The Morgan fingerprint density at radius 2 is 2.05 bits per heavy atom. The summed E-state index contributed by atoms with van der Waals surface area (Å²) in [5, 5.41) is 0. The predicted octanol–water partition coefficient (Wildman–Crippen LogP) is 3.20. The summed E-state index contributed by atoms with van der Waals surface area (Å²) in [5.74, 6) is 0.533. The zero-order valence-electron chi connectivity index (χ0n) is 12.6. The standard InChI is InChI=1S/C15H22N2O2Si/c1-5-11-10-13(18)15-12(16-11)6-7-14(17-15)19-8-9-20(2,3)4/h6-7,10H,5,8-9H2,1-4H3,(H,16,18). The normalized spacial score (nSPS) is 11.8. The Balaban J connectivity index is 2.21. The highest BCUT2D eigenvalue weighted by Gasteiger charge is 2.13. The lowest BCUT2D eigenvalue weighted by molar-refractivity contribution is 0.326. The smallest absolute Gasteiger partial charge is 0.214 e. The number of nitrogens with zero attached hydrogens (tertiary/aromatic N) is 1. The van der Waals surface area contributed by atoms with Gasteiger partial charge in [-0.05, 0) is 18.5 Å². The Hall–Kier alpha value is -1.62. The van der Waals surface area contributed by atoms with Gasteiger partial charge in [-0.15, -0.1) is 0 Å². The van der Waals surface area contributed by atoms with Crippen LogP contribution in [0.5, 0.6) is 5.88 Å². The molecular weight excluding hydrogens is 268 g/mol. The van der Waals surface area contributed by atoms with E-state index in [9.17, 15) is 4.79 Å². The van der Waals surface area contributed by atoms with Crippen LogP contribution in [0.4, 0.5) is 0 Å². The van der Waals surface area contributed by atoms with E-state index in [1.54, 1.807) is 6.07 Å². The Morgan fingerprint density at radius 1 is 1.30 bits per heavy atom. The van der Waals surface area contributed by atoms with Crippen molar-refractivity contribution < 1.29 is 4.74 Å². The number of pyridine rings is 2. The summed E-state index contributed by atoms with van der Waals surface area (Å²) < 4.78 is 5.67.